The zero-order valence-corrected chi connectivity index (χ0v) is 30.3. The standard InChI is InChI=1S/C40H41N7O4S/c1-40(2,3)51-39(49)47-20-8-12-33(47)36-41-22-30(43-36)26-13-15-27(16-14-26)37-45-29-21-28(17-18-34(29)52-37)31-23-42-35(44-31)32-11-7-19-46(32)38(48)50-24-25-9-5-4-6-10-25/h4-6,9-10,13-18,21-23,32-33H,7-8,11-12,19-20,24H2,1-3H3,(H,41,43)(H,42,44)/t32-,33-/m0/s1. The fourth-order valence-electron chi connectivity index (χ4n) is 6.98. The van der Waals surface area contributed by atoms with Gasteiger partial charge in [-0.05, 0) is 69.7 Å². The van der Waals surface area contributed by atoms with Crippen molar-refractivity contribution in [3.8, 4) is 33.1 Å². The Labute approximate surface area is 306 Å². The molecule has 3 aromatic heterocycles. The molecule has 2 amide bonds. The number of hydrogen-bond donors (Lipinski definition) is 2. The summed E-state index contributed by atoms with van der Waals surface area (Å²) in [5, 5.41) is 0.934. The molecule has 2 saturated heterocycles. The number of H-pyrrole nitrogens is 2. The maximum absolute atomic E-state index is 13.0. The van der Waals surface area contributed by atoms with Crippen LogP contribution in [0.15, 0.2) is 85.2 Å². The largest absolute Gasteiger partial charge is 0.445 e. The van der Waals surface area contributed by atoms with Crippen LogP contribution >= 0.6 is 11.3 Å². The third-order valence-electron chi connectivity index (χ3n) is 9.54. The lowest BCUT2D eigenvalue weighted by Gasteiger charge is -2.27. The van der Waals surface area contributed by atoms with Crippen LogP contribution in [0.2, 0.25) is 0 Å². The van der Waals surface area contributed by atoms with E-state index in [1.807, 2.05) is 63.5 Å². The molecule has 0 unspecified atom stereocenters. The third-order valence-corrected chi connectivity index (χ3v) is 10.6. The summed E-state index contributed by atoms with van der Waals surface area (Å²) < 4.78 is 12.4. The van der Waals surface area contributed by atoms with Crippen molar-refractivity contribution >= 4 is 33.7 Å². The molecule has 0 aliphatic carbocycles. The highest BCUT2D eigenvalue weighted by molar-refractivity contribution is 7.21. The van der Waals surface area contributed by atoms with Gasteiger partial charge in [-0.2, -0.15) is 0 Å². The van der Waals surface area contributed by atoms with E-state index in [1.165, 1.54) is 0 Å². The Morgan fingerprint density at radius 1 is 0.788 bits per heavy atom. The summed E-state index contributed by atoms with van der Waals surface area (Å²) in [6.45, 7) is 7.19. The van der Waals surface area contributed by atoms with E-state index in [1.54, 1.807) is 21.1 Å². The van der Waals surface area contributed by atoms with Crippen LogP contribution in [0.5, 0.6) is 0 Å². The van der Waals surface area contributed by atoms with Gasteiger partial charge in [0.15, 0.2) is 0 Å². The molecule has 2 atom stereocenters. The number of nitrogens with one attached hydrogen (secondary N) is 2. The van der Waals surface area contributed by atoms with E-state index in [0.717, 1.165) is 86.2 Å². The summed E-state index contributed by atoms with van der Waals surface area (Å²) in [5.74, 6) is 1.53. The van der Waals surface area contributed by atoms with Crippen molar-refractivity contribution in [3.05, 3.63) is 102 Å². The molecule has 0 radical (unpaired) electrons. The van der Waals surface area contributed by atoms with Gasteiger partial charge in [-0.15, -0.1) is 11.3 Å². The lowest BCUT2D eigenvalue weighted by Crippen LogP contribution is -2.36. The molecule has 0 spiro atoms. The summed E-state index contributed by atoms with van der Waals surface area (Å²) in [6, 6.07) is 24.0. The van der Waals surface area contributed by atoms with Gasteiger partial charge in [0.25, 0.3) is 0 Å². The van der Waals surface area contributed by atoms with Crippen molar-refractivity contribution in [3.63, 3.8) is 0 Å². The minimum Gasteiger partial charge on any atom is -0.445 e. The van der Waals surface area contributed by atoms with Crippen molar-refractivity contribution in [2.24, 2.45) is 0 Å². The van der Waals surface area contributed by atoms with E-state index < -0.39 is 5.60 Å². The number of hydrogen-bond acceptors (Lipinski definition) is 8. The summed E-state index contributed by atoms with van der Waals surface area (Å²) in [5.41, 5.74) is 6.13. The van der Waals surface area contributed by atoms with Crippen LogP contribution in [-0.2, 0) is 16.1 Å². The van der Waals surface area contributed by atoms with Crippen molar-refractivity contribution in [2.45, 2.75) is 70.7 Å². The molecule has 266 valence electrons. The highest BCUT2D eigenvalue weighted by Gasteiger charge is 2.35. The minimum atomic E-state index is -0.545. The van der Waals surface area contributed by atoms with Gasteiger partial charge in [0, 0.05) is 24.2 Å². The Morgan fingerprint density at radius 2 is 1.38 bits per heavy atom. The monoisotopic (exact) mass is 715 g/mol. The van der Waals surface area contributed by atoms with Gasteiger partial charge in [-0.25, -0.2) is 24.5 Å². The van der Waals surface area contributed by atoms with Gasteiger partial charge in [-0.3, -0.25) is 9.80 Å². The van der Waals surface area contributed by atoms with E-state index in [9.17, 15) is 9.59 Å². The number of aromatic amines is 2. The molecule has 2 N–H and O–H groups in total. The normalized spacial score (nSPS) is 17.6. The summed E-state index contributed by atoms with van der Waals surface area (Å²) in [7, 11) is 0. The Balaban J connectivity index is 0.938. The molecular weight excluding hydrogens is 675 g/mol. The second kappa shape index (κ2) is 13.9. The van der Waals surface area contributed by atoms with Crippen LogP contribution in [-0.4, -0.2) is 65.6 Å². The van der Waals surface area contributed by atoms with Crippen molar-refractivity contribution < 1.29 is 19.1 Å². The molecular formula is C40H41N7O4S. The number of imidazole rings is 2. The number of rotatable bonds is 7. The first-order valence-corrected chi connectivity index (χ1v) is 18.6. The maximum atomic E-state index is 13.0. The van der Waals surface area contributed by atoms with E-state index in [2.05, 4.69) is 62.4 Å². The van der Waals surface area contributed by atoms with Gasteiger partial charge in [-0.1, -0.05) is 60.7 Å². The van der Waals surface area contributed by atoms with E-state index in [-0.39, 0.29) is 30.9 Å². The van der Waals surface area contributed by atoms with Gasteiger partial charge in [0.1, 0.15) is 28.9 Å². The zero-order valence-electron chi connectivity index (χ0n) is 29.5. The quantitative estimate of drug-likeness (QED) is 0.169. The first-order chi connectivity index (χ1) is 25.2. The highest BCUT2D eigenvalue weighted by atomic mass is 32.1. The first kappa shape index (κ1) is 33.6. The van der Waals surface area contributed by atoms with Crippen LogP contribution in [0.3, 0.4) is 0 Å². The fourth-order valence-corrected chi connectivity index (χ4v) is 7.93. The van der Waals surface area contributed by atoms with Crippen molar-refractivity contribution in [2.75, 3.05) is 13.1 Å². The second-order valence-electron chi connectivity index (χ2n) is 14.4. The lowest BCUT2D eigenvalue weighted by molar-refractivity contribution is 0.0218. The van der Waals surface area contributed by atoms with Gasteiger partial charge in [0.2, 0.25) is 0 Å². The maximum Gasteiger partial charge on any atom is 0.410 e. The summed E-state index contributed by atoms with van der Waals surface area (Å²) in [6.07, 6.45) is 6.52. The molecule has 2 aliphatic heterocycles. The van der Waals surface area contributed by atoms with Crippen molar-refractivity contribution in [1.29, 1.82) is 0 Å². The first-order valence-electron chi connectivity index (χ1n) is 17.8. The van der Waals surface area contributed by atoms with Gasteiger partial charge < -0.3 is 19.4 Å². The predicted molar refractivity (Wildman–Crippen MR) is 200 cm³/mol. The Bertz CT molecular complexity index is 2200. The molecule has 6 aromatic rings. The molecule has 11 nitrogen and oxygen atoms in total. The number of benzene rings is 3. The third kappa shape index (κ3) is 7.03. The molecule has 2 fully saturated rings. The molecule has 2 aliphatic rings. The number of carbonyl (C=O) groups is 2. The Morgan fingerprint density at radius 3 is 2.04 bits per heavy atom. The van der Waals surface area contributed by atoms with Crippen LogP contribution < -0.4 is 0 Å². The molecule has 12 heteroatoms. The molecule has 52 heavy (non-hydrogen) atoms. The van der Waals surface area contributed by atoms with Crippen LogP contribution in [0.4, 0.5) is 9.59 Å². The van der Waals surface area contributed by atoms with Gasteiger partial charge >= 0.3 is 12.2 Å². The second-order valence-corrected chi connectivity index (χ2v) is 15.4. The van der Waals surface area contributed by atoms with E-state index in [4.69, 9.17) is 14.5 Å². The SMILES string of the molecule is CC(C)(C)OC(=O)N1CCC[C@H]1c1ncc(-c2ccc(-c3nc4cc(-c5cnc([C@@H]6CCCN6C(=O)OCc6ccccc6)[nH]5)ccc4s3)cc2)[nH]1. The minimum absolute atomic E-state index is 0.129. The molecule has 0 saturated carbocycles. The number of likely N-dealkylation sites (tertiary alicyclic amines) is 2. The molecule has 5 heterocycles. The topological polar surface area (TPSA) is 129 Å². The Hall–Kier alpha value is -5.49. The number of nitrogens with zero attached hydrogens (tertiary/aromatic N) is 5. The molecule has 8 rings (SSSR count). The highest BCUT2D eigenvalue weighted by Crippen LogP contribution is 2.37. The number of ether oxygens (including phenoxy) is 2. The number of aromatic nitrogens is 5. The van der Waals surface area contributed by atoms with E-state index >= 15 is 0 Å². The van der Waals surface area contributed by atoms with Crippen LogP contribution in [0.25, 0.3) is 43.3 Å². The number of amides is 2. The number of carbonyl (C=O) groups excluding carboxylic acids is 2. The van der Waals surface area contributed by atoms with E-state index in [0.29, 0.717) is 13.1 Å². The van der Waals surface area contributed by atoms with Crippen molar-refractivity contribution in [1.82, 2.24) is 34.7 Å². The van der Waals surface area contributed by atoms with Gasteiger partial charge in [0.05, 0.1) is 46.1 Å². The summed E-state index contributed by atoms with van der Waals surface area (Å²) in [4.78, 5) is 50.6. The fraction of sp³-hybridized carbons (Fsp3) is 0.325. The summed E-state index contributed by atoms with van der Waals surface area (Å²) >= 11 is 1.65. The molecule has 0 bridgehead atoms. The molecule has 3 aromatic carbocycles. The zero-order chi connectivity index (χ0) is 35.8. The lowest BCUT2D eigenvalue weighted by atomic mass is 10.1. The average Bonchev–Trinajstić information content (AvgIpc) is 3.98. The van der Waals surface area contributed by atoms with Crippen LogP contribution in [0, 0.1) is 0 Å². The predicted octanol–water partition coefficient (Wildman–Crippen LogP) is 9.29. The van der Waals surface area contributed by atoms with Crippen LogP contribution in [0.1, 0.15) is 75.8 Å². The number of thiazole rings is 1. The smallest absolute Gasteiger partial charge is 0.410 e. The average molecular weight is 716 g/mol. The Kier molecular flexibility index (Phi) is 9.00. The number of fused-ring (bicyclic) bond motifs is 1.